The molecule has 0 saturated carbocycles. The average molecular weight is 288 g/mol. The van der Waals surface area contributed by atoms with Gasteiger partial charge in [-0.1, -0.05) is 13.8 Å². The molecule has 0 aromatic carbocycles. The van der Waals surface area contributed by atoms with E-state index in [0.717, 1.165) is 51.9 Å². The number of rotatable bonds is 5. The maximum atomic E-state index is 12.4. The molecule has 112 valence electrons. The first-order valence-electron chi connectivity index (χ1n) is 7.67. The van der Waals surface area contributed by atoms with Gasteiger partial charge < -0.3 is 5.32 Å². The molecule has 4 nitrogen and oxygen atoms in total. The van der Waals surface area contributed by atoms with Gasteiger partial charge in [0.05, 0.1) is 5.75 Å². The predicted molar refractivity (Wildman–Crippen MR) is 78.5 cm³/mol. The molecule has 2 heterocycles. The largest absolute Gasteiger partial charge is 0.317 e. The highest BCUT2D eigenvalue weighted by molar-refractivity contribution is 7.89. The predicted octanol–water partition coefficient (Wildman–Crippen LogP) is 1.68. The molecule has 1 atom stereocenters. The quantitative estimate of drug-likeness (QED) is 0.837. The van der Waals surface area contributed by atoms with Gasteiger partial charge in [0.15, 0.2) is 0 Å². The van der Waals surface area contributed by atoms with Gasteiger partial charge in [-0.2, -0.15) is 0 Å². The second-order valence-corrected chi connectivity index (χ2v) is 8.54. The lowest BCUT2D eigenvalue weighted by Gasteiger charge is -2.24. The summed E-state index contributed by atoms with van der Waals surface area (Å²) < 4.78 is 26.4. The fourth-order valence-electron chi connectivity index (χ4n) is 3.17. The van der Waals surface area contributed by atoms with Crippen LogP contribution in [0.15, 0.2) is 0 Å². The number of nitrogens with zero attached hydrogens (tertiary/aromatic N) is 1. The van der Waals surface area contributed by atoms with E-state index >= 15 is 0 Å². The summed E-state index contributed by atoms with van der Waals surface area (Å²) in [5, 5.41) is 3.33. The highest BCUT2D eigenvalue weighted by atomic mass is 32.2. The summed E-state index contributed by atoms with van der Waals surface area (Å²) in [5.74, 6) is 2.08. The minimum atomic E-state index is -3.01. The minimum Gasteiger partial charge on any atom is -0.317 e. The Morgan fingerprint density at radius 3 is 2.47 bits per heavy atom. The molecule has 19 heavy (non-hydrogen) atoms. The number of sulfonamides is 1. The standard InChI is InChI=1S/C14H28N2O2S/c1-12(2)14-5-9-16(11-14)19(17,18)10-6-13-3-7-15-8-4-13/h12-15H,3-11H2,1-2H3. The fourth-order valence-corrected chi connectivity index (χ4v) is 4.86. The summed E-state index contributed by atoms with van der Waals surface area (Å²) in [6.07, 6.45) is 4.13. The summed E-state index contributed by atoms with van der Waals surface area (Å²) in [4.78, 5) is 0. The molecular weight excluding hydrogens is 260 g/mol. The first-order chi connectivity index (χ1) is 8.99. The number of nitrogens with one attached hydrogen (secondary N) is 1. The van der Waals surface area contributed by atoms with Crippen molar-refractivity contribution in [1.29, 1.82) is 0 Å². The van der Waals surface area contributed by atoms with Crippen molar-refractivity contribution in [3.8, 4) is 0 Å². The second-order valence-electron chi connectivity index (χ2n) is 6.45. The Morgan fingerprint density at radius 2 is 1.89 bits per heavy atom. The molecular formula is C14H28N2O2S. The van der Waals surface area contributed by atoms with Crippen molar-refractivity contribution >= 4 is 10.0 Å². The lowest BCUT2D eigenvalue weighted by atomic mass is 9.96. The van der Waals surface area contributed by atoms with Crippen molar-refractivity contribution in [3.63, 3.8) is 0 Å². The Morgan fingerprint density at radius 1 is 1.21 bits per heavy atom. The molecule has 2 saturated heterocycles. The van der Waals surface area contributed by atoms with Crippen LogP contribution in [0.5, 0.6) is 0 Å². The third-order valence-corrected chi connectivity index (χ3v) is 6.64. The molecule has 0 bridgehead atoms. The van der Waals surface area contributed by atoms with E-state index in [9.17, 15) is 8.42 Å². The molecule has 0 amide bonds. The molecule has 5 heteroatoms. The zero-order valence-electron chi connectivity index (χ0n) is 12.3. The van der Waals surface area contributed by atoms with Crippen LogP contribution >= 0.6 is 0 Å². The molecule has 0 radical (unpaired) electrons. The Hall–Kier alpha value is -0.130. The number of hydrogen-bond donors (Lipinski definition) is 1. The lowest BCUT2D eigenvalue weighted by Crippen LogP contribution is -2.34. The fraction of sp³-hybridized carbons (Fsp3) is 1.00. The van der Waals surface area contributed by atoms with Crippen LogP contribution < -0.4 is 5.32 Å². The minimum absolute atomic E-state index is 0.350. The maximum Gasteiger partial charge on any atom is 0.214 e. The maximum absolute atomic E-state index is 12.4. The molecule has 1 N–H and O–H groups in total. The Kier molecular flexibility index (Phi) is 5.26. The molecule has 2 aliphatic heterocycles. The van der Waals surface area contributed by atoms with Gasteiger partial charge in [0.1, 0.15) is 0 Å². The van der Waals surface area contributed by atoms with E-state index in [-0.39, 0.29) is 0 Å². The van der Waals surface area contributed by atoms with E-state index in [4.69, 9.17) is 0 Å². The first-order valence-corrected chi connectivity index (χ1v) is 9.28. The lowest BCUT2D eigenvalue weighted by molar-refractivity contribution is 0.359. The van der Waals surface area contributed by atoms with Crippen LogP contribution in [0.25, 0.3) is 0 Å². The summed E-state index contributed by atoms with van der Waals surface area (Å²) >= 11 is 0. The van der Waals surface area contributed by atoms with E-state index in [1.807, 2.05) is 0 Å². The highest BCUT2D eigenvalue weighted by Gasteiger charge is 2.32. The van der Waals surface area contributed by atoms with Crippen molar-refractivity contribution in [1.82, 2.24) is 9.62 Å². The average Bonchev–Trinajstić information content (AvgIpc) is 2.88. The van der Waals surface area contributed by atoms with Crippen LogP contribution in [-0.2, 0) is 10.0 Å². The van der Waals surface area contributed by atoms with Crippen LogP contribution in [0, 0.1) is 17.8 Å². The van der Waals surface area contributed by atoms with Crippen molar-refractivity contribution in [3.05, 3.63) is 0 Å². The normalized spacial score (nSPS) is 27.2. The van der Waals surface area contributed by atoms with Gasteiger partial charge in [0.2, 0.25) is 10.0 Å². The third-order valence-electron chi connectivity index (χ3n) is 4.77. The van der Waals surface area contributed by atoms with Crippen LogP contribution in [0.3, 0.4) is 0 Å². The van der Waals surface area contributed by atoms with Gasteiger partial charge in [-0.05, 0) is 56.5 Å². The van der Waals surface area contributed by atoms with Crippen LogP contribution in [0.1, 0.15) is 39.5 Å². The summed E-state index contributed by atoms with van der Waals surface area (Å²) in [6, 6.07) is 0. The molecule has 1 unspecified atom stereocenters. The van der Waals surface area contributed by atoms with Gasteiger partial charge in [0, 0.05) is 13.1 Å². The zero-order chi connectivity index (χ0) is 13.9. The monoisotopic (exact) mass is 288 g/mol. The first kappa shape index (κ1) is 15.3. The molecule has 0 aromatic rings. The summed E-state index contributed by atoms with van der Waals surface area (Å²) in [5.41, 5.74) is 0. The van der Waals surface area contributed by atoms with Gasteiger partial charge in [-0.15, -0.1) is 0 Å². The smallest absolute Gasteiger partial charge is 0.214 e. The van der Waals surface area contributed by atoms with E-state index in [2.05, 4.69) is 19.2 Å². The van der Waals surface area contributed by atoms with Crippen molar-refractivity contribution < 1.29 is 8.42 Å². The van der Waals surface area contributed by atoms with Crippen LogP contribution in [-0.4, -0.2) is 44.7 Å². The molecule has 2 aliphatic rings. The number of hydrogen-bond acceptors (Lipinski definition) is 3. The van der Waals surface area contributed by atoms with E-state index in [1.54, 1.807) is 4.31 Å². The molecule has 0 aliphatic carbocycles. The van der Waals surface area contributed by atoms with E-state index < -0.39 is 10.0 Å². The number of piperidine rings is 1. The van der Waals surface area contributed by atoms with E-state index in [0.29, 0.717) is 23.5 Å². The molecule has 2 fully saturated rings. The van der Waals surface area contributed by atoms with Crippen molar-refractivity contribution in [2.75, 3.05) is 31.9 Å². The Labute approximate surface area is 118 Å². The Bertz CT molecular complexity index is 375. The molecule has 0 spiro atoms. The highest BCUT2D eigenvalue weighted by Crippen LogP contribution is 2.27. The zero-order valence-corrected chi connectivity index (χ0v) is 13.1. The van der Waals surface area contributed by atoms with Gasteiger partial charge in [0.25, 0.3) is 0 Å². The molecule has 2 rings (SSSR count). The summed E-state index contributed by atoms with van der Waals surface area (Å²) in [7, 11) is -3.01. The van der Waals surface area contributed by atoms with E-state index in [1.165, 1.54) is 0 Å². The van der Waals surface area contributed by atoms with Gasteiger partial charge in [-0.3, -0.25) is 0 Å². The summed E-state index contributed by atoms with van der Waals surface area (Å²) in [6.45, 7) is 7.95. The van der Waals surface area contributed by atoms with Crippen LogP contribution in [0.2, 0.25) is 0 Å². The van der Waals surface area contributed by atoms with Crippen molar-refractivity contribution in [2.45, 2.75) is 39.5 Å². The second kappa shape index (κ2) is 6.55. The van der Waals surface area contributed by atoms with Gasteiger partial charge >= 0.3 is 0 Å². The van der Waals surface area contributed by atoms with Crippen molar-refractivity contribution in [2.24, 2.45) is 17.8 Å². The molecule has 0 aromatic heterocycles. The van der Waals surface area contributed by atoms with Crippen LogP contribution in [0.4, 0.5) is 0 Å². The topological polar surface area (TPSA) is 49.4 Å². The Balaban J connectivity index is 1.81. The SMILES string of the molecule is CC(C)C1CCN(S(=O)(=O)CCC2CCNCC2)C1. The van der Waals surface area contributed by atoms with Gasteiger partial charge in [-0.25, -0.2) is 12.7 Å². The third kappa shape index (κ3) is 4.17.